The van der Waals surface area contributed by atoms with Gasteiger partial charge in [0.1, 0.15) is 11.6 Å². The minimum atomic E-state index is -0.195. The van der Waals surface area contributed by atoms with Crippen molar-refractivity contribution in [2.75, 3.05) is 0 Å². The zero-order valence-electron chi connectivity index (χ0n) is 16.6. The summed E-state index contributed by atoms with van der Waals surface area (Å²) in [4.78, 5) is 21.9. The van der Waals surface area contributed by atoms with E-state index in [0.29, 0.717) is 16.7 Å². The Morgan fingerprint density at radius 1 is 1.07 bits per heavy atom. The third-order valence-corrected chi connectivity index (χ3v) is 5.37. The van der Waals surface area contributed by atoms with Gasteiger partial charge in [-0.2, -0.15) is 9.78 Å². The fraction of sp³-hybridized carbons (Fsp3) is 0.182. The van der Waals surface area contributed by atoms with Crippen molar-refractivity contribution in [3.8, 4) is 5.82 Å². The SMILES string of the molecule is Cc1ccc(-n2c(C)cc(C=Nn3c(C)nc4ccc(Br)cc4c3=O)c2C)nc1. The minimum absolute atomic E-state index is 0.195. The number of rotatable bonds is 3. The van der Waals surface area contributed by atoms with Crippen LogP contribution < -0.4 is 5.56 Å². The minimum Gasteiger partial charge on any atom is -0.303 e. The molecule has 0 aliphatic carbocycles. The molecule has 3 heterocycles. The summed E-state index contributed by atoms with van der Waals surface area (Å²) in [6.45, 7) is 7.83. The lowest BCUT2D eigenvalue weighted by molar-refractivity contribution is 0.770. The molecule has 0 radical (unpaired) electrons. The van der Waals surface area contributed by atoms with E-state index in [1.807, 2.05) is 57.3 Å². The van der Waals surface area contributed by atoms with Crippen LogP contribution in [0.3, 0.4) is 0 Å². The summed E-state index contributed by atoms with van der Waals surface area (Å²) in [7, 11) is 0. The summed E-state index contributed by atoms with van der Waals surface area (Å²) in [6, 6.07) is 11.5. The molecule has 4 aromatic rings. The number of hydrogen-bond donors (Lipinski definition) is 0. The first kappa shape index (κ1) is 19.3. The first-order chi connectivity index (χ1) is 13.8. The molecule has 0 saturated heterocycles. The van der Waals surface area contributed by atoms with E-state index in [1.165, 1.54) is 4.68 Å². The van der Waals surface area contributed by atoms with Crippen LogP contribution in [0.1, 0.15) is 28.3 Å². The van der Waals surface area contributed by atoms with Crippen LogP contribution >= 0.6 is 15.9 Å². The quantitative estimate of drug-likeness (QED) is 0.433. The lowest BCUT2D eigenvalue weighted by Crippen LogP contribution is -2.20. The number of fused-ring (bicyclic) bond motifs is 1. The fourth-order valence-electron chi connectivity index (χ4n) is 3.38. The van der Waals surface area contributed by atoms with Crippen molar-refractivity contribution in [3.05, 3.63) is 85.8 Å². The van der Waals surface area contributed by atoms with Crippen LogP contribution in [0.4, 0.5) is 0 Å². The van der Waals surface area contributed by atoms with Crippen LogP contribution in [0.25, 0.3) is 16.7 Å². The second-order valence-electron chi connectivity index (χ2n) is 7.04. The molecule has 0 aliphatic rings. The van der Waals surface area contributed by atoms with Gasteiger partial charge in [-0.05, 0) is 63.6 Å². The van der Waals surface area contributed by atoms with Crippen LogP contribution in [0, 0.1) is 27.7 Å². The van der Waals surface area contributed by atoms with Crippen LogP contribution in [0.5, 0.6) is 0 Å². The van der Waals surface area contributed by atoms with E-state index < -0.39 is 0 Å². The van der Waals surface area contributed by atoms with Gasteiger partial charge in [-0.3, -0.25) is 4.79 Å². The Kier molecular flexibility index (Phi) is 4.92. The molecule has 0 aliphatic heterocycles. The van der Waals surface area contributed by atoms with Crippen molar-refractivity contribution in [1.29, 1.82) is 0 Å². The topological polar surface area (TPSA) is 65.1 Å². The Labute approximate surface area is 176 Å². The molecule has 0 atom stereocenters. The van der Waals surface area contributed by atoms with Gasteiger partial charge in [-0.1, -0.05) is 22.0 Å². The maximum absolute atomic E-state index is 12.9. The Bertz CT molecular complexity index is 1320. The molecule has 0 N–H and O–H groups in total. The summed E-state index contributed by atoms with van der Waals surface area (Å²) < 4.78 is 4.24. The van der Waals surface area contributed by atoms with E-state index in [0.717, 1.165) is 32.8 Å². The highest BCUT2D eigenvalue weighted by Crippen LogP contribution is 2.19. The van der Waals surface area contributed by atoms with Crippen molar-refractivity contribution >= 4 is 33.0 Å². The monoisotopic (exact) mass is 449 g/mol. The number of pyridine rings is 1. The number of aromatic nitrogens is 4. The maximum Gasteiger partial charge on any atom is 0.282 e. The van der Waals surface area contributed by atoms with E-state index in [1.54, 1.807) is 19.2 Å². The molecule has 7 heteroatoms. The predicted molar refractivity (Wildman–Crippen MR) is 119 cm³/mol. The molecule has 0 fully saturated rings. The highest BCUT2D eigenvalue weighted by molar-refractivity contribution is 9.10. The maximum atomic E-state index is 12.9. The second-order valence-corrected chi connectivity index (χ2v) is 7.95. The van der Waals surface area contributed by atoms with E-state index >= 15 is 0 Å². The Morgan fingerprint density at radius 3 is 2.59 bits per heavy atom. The van der Waals surface area contributed by atoms with Crippen molar-refractivity contribution in [3.63, 3.8) is 0 Å². The molecule has 0 saturated carbocycles. The van der Waals surface area contributed by atoms with Gasteiger partial charge < -0.3 is 4.57 Å². The Balaban J connectivity index is 1.78. The van der Waals surface area contributed by atoms with Gasteiger partial charge in [0.2, 0.25) is 0 Å². The van der Waals surface area contributed by atoms with Crippen molar-refractivity contribution in [2.24, 2.45) is 5.10 Å². The molecule has 0 bridgehead atoms. The summed E-state index contributed by atoms with van der Waals surface area (Å²) in [5.74, 6) is 1.39. The summed E-state index contributed by atoms with van der Waals surface area (Å²) in [5, 5.41) is 4.97. The number of nitrogens with zero attached hydrogens (tertiary/aromatic N) is 5. The molecule has 3 aromatic heterocycles. The van der Waals surface area contributed by atoms with Crippen LogP contribution in [-0.4, -0.2) is 25.4 Å². The lowest BCUT2D eigenvalue weighted by Gasteiger charge is -2.08. The number of halogens is 1. The van der Waals surface area contributed by atoms with Crippen molar-refractivity contribution < 1.29 is 0 Å². The summed E-state index contributed by atoms with van der Waals surface area (Å²) >= 11 is 3.41. The average Bonchev–Trinajstić information content (AvgIpc) is 2.97. The van der Waals surface area contributed by atoms with E-state index in [2.05, 4.69) is 35.6 Å². The molecular formula is C22H20BrN5O. The molecule has 0 spiro atoms. The molecule has 146 valence electrons. The van der Waals surface area contributed by atoms with Gasteiger partial charge in [0.25, 0.3) is 5.56 Å². The average molecular weight is 450 g/mol. The molecule has 29 heavy (non-hydrogen) atoms. The standard InChI is InChI=1S/C22H20BrN5O/c1-13-5-8-21(24-11-13)27-14(2)9-17(15(27)3)12-25-28-16(4)26-20-7-6-18(23)10-19(20)22(28)29/h5-12H,1-4H3. The van der Waals surface area contributed by atoms with Gasteiger partial charge in [-0.25, -0.2) is 9.97 Å². The van der Waals surface area contributed by atoms with Gasteiger partial charge in [0.15, 0.2) is 0 Å². The van der Waals surface area contributed by atoms with E-state index in [-0.39, 0.29) is 5.56 Å². The van der Waals surface area contributed by atoms with Crippen molar-refractivity contribution in [2.45, 2.75) is 27.7 Å². The summed E-state index contributed by atoms with van der Waals surface area (Å²) in [5.41, 5.74) is 4.55. The van der Waals surface area contributed by atoms with E-state index in [4.69, 9.17) is 0 Å². The zero-order chi connectivity index (χ0) is 20.7. The van der Waals surface area contributed by atoms with Crippen molar-refractivity contribution in [1.82, 2.24) is 19.2 Å². The van der Waals surface area contributed by atoms with Gasteiger partial charge >= 0.3 is 0 Å². The van der Waals surface area contributed by atoms with Gasteiger partial charge in [0, 0.05) is 27.6 Å². The molecule has 1 aromatic carbocycles. The second kappa shape index (κ2) is 7.40. The van der Waals surface area contributed by atoms with Gasteiger partial charge in [-0.15, -0.1) is 0 Å². The van der Waals surface area contributed by atoms with Crippen LogP contribution in [-0.2, 0) is 0 Å². The molecule has 0 unspecified atom stereocenters. The molecule has 6 nitrogen and oxygen atoms in total. The Morgan fingerprint density at radius 2 is 1.86 bits per heavy atom. The number of benzene rings is 1. The van der Waals surface area contributed by atoms with Crippen LogP contribution in [0.2, 0.25) is 0 Å². The number of hydrogen-bond acceptors (Lipinski definition) is 4. The third kappa shape index (κ3) is 3.53. The number of aryl methyl sites for hydroxylation is 3. The highest BCUT2D eigenvalue weighted by atomic mass is 79.9. The normalized spacial score (nSPS) is 11.6. The Hall–Kier alpha value is -3.06. The van der Waals surface area contributed by atoms with E-state index in [9.17, 15) is 4.79 Å². The van der Waals surface area contributed by atoms with Gasteiger partial charge in [0.05, 0.1) is 17.1 Å². The lowest BCUT2D eigenvalue weighted by atomic mass is 10.2. The first-order valence-electron chi connectivity index (χ1n) is 9.20. The first-order valence-corrected chi connectivity index (χ1v) is 9.99. The van der Waals surface area contributed by atoms with Crippen LogP contribution in [0.15, 0.2) is 57.0 Å². The zero-order valence-corrected chi connectivity index (χ0v) is 18.2. The molecular weight excluding hydrogens is 430 g/mol. The summed E-state index contributed by atoms with van der Waals surface area (Å²) in [6.07, 6.45) is 3.55. The highest BCUT2D eigenvalue weighted by Gasteiger charge is 2.11. The molecule has 0 amide bonds. The largest absolute Gasteiger partial charge is 0.303 e. The predicted octanol–water partition coefficient (Wildman–Crippen LogP) is 4.46. The fourth-order valence-corrected chi connectivity index (χ4v) is 3.74. The molecule has 4 rings (SSSR count). The smallest absolute Gasteiger partial charge is 0.282 e. The third-order valence-electron chi connectivity index (χ3n) is 4.88.